The number of primary amides is 1. The van der Waals surface area contributed by atoms with Crippen LogP contribution in [0.25, 0.3) is 5.70 Å². The minimum absolute atomic E-state index is 0.0119. The zero-order valence-corrected chi connectivity index (χ0v) is 23.5. The van der Waals surface area contributed by atoms with Gasteiger partial charge in [-0.1, -0.05) is 30.7 Å². The van der Waals surface area contributed by atoms with Crippen LogP contribution in [0.2, 0.25) is 0 Å². The Morgan fingerprint density at radius 1 is 1.02 bits per heavy atom. The lowest BCUT2D eigenvalue weighted by Crippen LogP contribution is -2.41. The van der Waals surface area contributed by atoms with E-state index in [0.717, 1.165) is 57.2 Å². The maximum atomic E-state index is 11.8. The van der Waals surface area contributed by atoms with Gasteiger partial charge in [0.15, 0.2) is 5.37 Å². The van der Waals surface area contributed by atoms with Crippen molar-refractivity contribution < 1.29 is 34.1 Å². The fourth-order valence-corrected chi connectivity index (χ4v) is 6.39. The number of benzene rings is 1. The second-order valence-corrected chi connectivity index (χ2v) is 11.0. The van der Waals surface area contributed by atoms with Gasteiger partial charge in [0.1, 0.15) is 16.3 Å². The van der Waals surface area contributed by atoms with E-state index in [1.807, 2.05) is 11.0 Å². The highest BCUT2D eigenvalue weighted by Crippen LogP contribution is 2.47. The Hall–Kier alpha value is -4.13. The summed E-state index contributed by atoms with van der Waals surface area (Å²) in [6.07, 6.45) is 10.9. The average molecular weight is 584 g/mol. The van der Waals surface area contributed by atoms with Crippen LogP contribution >= 0.6 is 11.8 Å². The molecule has 2 aliphatic heterocycles. The van der Waals surface area contributed by atoms with Crippen LogP contribution in [0.3, 0.4) is 0 Å². The second kappa shape index (κ2) is 13.5. The Morgan fingerprint density at radius 3 is 2.29 bits per heavy atom. The minimum Gasteiger partial charge on any atom is -0.496 e. The highest BCUT2D eigenvalue weighted by atomic mass is 32.2. The van der Waals surface area contributed by atoms with Gasteiger partial charge >= 0.3 is 12.1 Å². The quantitative estimate of drug-likeness (QED) is 0.454. The SMILES string of the molecule is COc1ccc(C2CCCC2)cc1C1=C(C(=O)O)SC(C(N)=O)N1C(=O)O.O=C(c1cnccn1)N1CCCCC1. The summed E-state index contributed by atoms with van der Waals surface area (Å²) in [5.74, 6) is -1.57. The molecule has 1 aromatic carbocycles. The Bertz CT molecular complexity index is 1320. The lowest BCUT2D eigenvalue weighted by atomic mass is 9.94. The van der Waals surface area contributed by atoms with E-state index in [1.165, 1.54) is 19.7 Å². The van der Waals surface area contributed by atoms with Crippen LogP contribution < -0.4 is 10.5 Å². The summed E-state index contributed by atoms with van der Waals surface area (Å²) < 4.78 is 5.36. The molecule has 1 atom stereocenters. The number of carbonyl (C=O) groups is 4. The first-order chi connectivity index (χ1) is 19.7. The molecule has 3 heterocycles. The first kappa shape index (κ1) is 29.8. The molecule has 0 radical (unpaired) electrons. The van der Waals surface area contributed by atoms with Crippen molar-refractivity contribution in [3.05, 3.63) is 58.5 Å². The number of nitrogens with two attached hydrogens (primary N) is 1. The van der Waals surface area contributed by atoms with Gasteiger partial charge in [-0.05, 0) is 55.7 Å². The monoisotopic (exact) mass is 583 g/mol. The number of nitrogens with zero attached hydrogens (tertiary/aromatic N) is 4. The van der Waals surface area contributed by atoms with Crippen LogP contribution in [-0.4, -0.2) is 79.4 Å². The third kappa shape index (κ3) is 6.79. The number of rotatable bonds is 6. The van der Waals surface area contributed by atoms with E-state index in [4.69, 9.17) is 10.5 Å². The molecule has 0 bridgehead atoms. The van der Waals surface area contributed by atoms with Crippen LogP contribution in [0.4, 0.5) is 4.79 Å². The summed E-state index contributed by atoms with van der Waals surface area (Å²) in [4.78, 5) is 57.4. The van der Waals surface area contributed by atoms with Gasteiger partial charge in [0.25, 0.3) is 11.8 Å². The third-order valence-electron chi connectivity index (χ3n) is 7.29. The number of carboxylic acids is 1. The van der Waals surface area contributed by atoms with E-state index >= 15 is 0 Å². The van der Waals surface area contributed by atoms with E-state index in [-0.39, 0.29) is 16.5 Å². The predicted molar refractivity (Wildman–Crippen MR) is 151 cm³/mol. The summed E-state index contributed by atoms with van der Waals surface area (Å²) in [6.45, 7) is 1.71. The molecular weight excluding hydrogens is 550 g/mol. The van der Waals surface area contributed by atoms with Crippen molar-refractivity contribution in [1.82, 2.24) is 19.8 Å². The van der Waals surface area contributed by atoms with E-state index in [1.54, 1.807) is 24.5 Å². The lowest BCUT2D eigenvalue weighted by Gasteiger charge is -2.26. The topological polar surface area (TPSA) is 176 Å². The van der Waals surface area contributed by atoms with Crippen molar-refractivity contribution in [3.63, 3.8) is 0 Å². The normalized spacial score (nSPS) is 19.0. The van der Waals surface area contributed by atoms with E-state index in [9.17, 15) is 29.4 Å². The van der Waals surface area contributed by atoms with Crippen molar-refractivity contribution in [1.29, 1.82) is 0 Å². The highest BCUT2D eigenvalue weighted by Gasteiger charge is 2.44. The Kier molecular flexibility index (Phi) is 9.82. The molecule has 2 fully saturated rings. The molecule has 1 saturated heterocycles. The van der Waals surface area contributed by atoms with Crippen LogP contribution in [-0.2, 0) is 9.59 Å². The summed E-state index contributed by atoms with van der Waals surface area (Å²) in [5, 5.41) is 17.9. The number of hydrogen-bond donors (Lipinski definition) is 3. The van der Waals surface area contributed by atoms with Gasteiger partial charge in [-0.25, -0.2) is 14.6 Å². The maximum absolute atomic E-state index is 11.8. The van der Waals surface area contributed by atoms with Crippen LogP contribution in [0.15, 0.2) is 41.7 Å². The first-order valence-electron chi connectivity index (χ1n) is 13.4. The number of aliphatic carboxylic acids is 1. The molecule has 3 aliphatic rings. The molecule has 1 unspecified atom stereocenters. The van der Waals surface area contributed by atoms with Crippen molar-refractivity contribution in [2.24, 2.45) is 5.73 Å². The molecule has 4 N–H and O–H groups in total. The van der Waals surface area contributed by atoms with Crippen molar-refractivity contribution in [2.75, 3.05) is 20.2 Å². The van der Waals surface area contributed by atoms with Gasteiger partial charge in [-0.3, -0.25) is 19.5 Å². The van der Waals surface area contributed by atoms with E-state index < -0.39 is 23.3 Å². The fraction of sp³-hybridized carbons (Fsp3) is 0.429. The molecule has 218 valence electrons. The molecule has 41 heavy (non-hydrogen) atoms. The Balaban J connectivity index is 0.000000231. The van der Waals surface area contributed by atoms with Crippen LogP contribution in [0, 0.1) is 0 Å². The molecule has 2 aromatic rings. The summed E-state index contributed by atoms with van der Waals surface area (Å²) >= 11 is 0.619. The summed E-state index contributed by atoms with van der Waals surface area (Å²) in [5.41, 5.74) is 7.01. The van der Waals surface area contributed by atoms with Crippen molar-refractivity contribution >= 4 is 41.3 Å². The predicted octanol–water partition coefficient (Wildman–Crippen LogP) is 3.75. The summed E-state index contributed by atoms with van der Waals surface area (Å²) in [6, 6.07) is 5.39. The van der Waals surface area contributed by atoms with E-state index in [2.05, 4.69) is 9.97 Å². The van der Waals surface area contributed by atoms with E-state index in [0.29, 0.717) is 39.6 Å². The lowest BCUT2D eigenvalue weighted by molar-refractivity contribution is -0.131. The van der Waals surface area contributed by atoms with Crippen LogP contribution in [0.1, 0.15) is 72.5 Å². The van der Waals surface area contributed by atoms with Crippen molar-refractivity contribution in [3.8, 4) is 5.75 Å². The second-order valence-electron chi connectivity index (χ2n) is 9.89. The maximum Gasteiger partial charge on any atom is 0.413 e. The number of carbonyl (C=O) groups excluding carboxylic acids is 2. The number of likely N-dealkylation sites (tertiary alicyclic amines) is 1. The standard InChI is InChI=1S/C18H20N2O6S.C10H13N3O/c1-26-12-7-6-10(9-4-2-3-5-9)8-11(12)13-14(17(22)23)27-16(15(19)21)20(13)18(24)25;14-10(9-8-11-4-5-12-9)13-6-2-1-3-7-13/h6-9,16H,2-5H2,1H3,(H2,19,21)(H,22,23)(H,24,25);4-5,8H,1-3,6-7H2. The Morgan fingerprint density at radius 2 is 1.73 bits per heavy atom. The number of thioether (sulfide) groups is 1. The number of hydrogen-bond acceptors (Lipinski definition) is 8. The average Bonchev–Trinajstić information content (AvgIpc) is 3.67. The molecular formula is C28H33N5O7S. The van der Waals surface area contributed by atoms with Gasteiger partial charge < -0.3 is 25.6 Å². The highest BCUT2D eigenvalue weighted by molar-refractivity contribution is 8.05. The number of ether oxygens (including phenoxy) is 1. The molecule has 5 rings (SSSR count). The van der Waals surface area contributed by atoms with Gasteiger partial charge in [0.05, 0.1) is 19.0 Å². The number of carboxylic acid groups (broad SMARTS) is 2. The molecule has 0 spiro atoms. The van der Waals surface area contributed by atoms with Gasteiger partial charge in [0.2, 0.25) is 0 Å². The van der Waals surface area contributed by atoms with Gasteiger partial charge in [-0.2, -0.15) is 0 Å². The van der Waals surface area contributed by atoms with Gasteiger partial charge in [-0.15, -0.1) is 0 Å². The minimum atomic E-state index is -1.45. The molecule has 12 nitrogen and oxygen atoms in total. The zero-order chi connectivity index (χ0) is 29.5. The fourth-order valence-electron chi connectivity index (χ4n) is 5.32. The van der Waals surface area contributed by atoms with Crippen molar-refractivity contribution in [2.45, 2.75) is 56.2 Å². The number of methoxy groups -OCH3 is 1. The molecule has 1 aliphatic carbocycles. The summed E-state index contributed by atoms with van der Waals surface area (Å²) in [7, 11) is 1.42. The molecule has 3 amide bonds. The number of amides is 3. The largest absolute Gasteiger partial charge is 0.496 e. The molecule has 13 heteroatoms. The van der Waals surface area contributed by atoms with Gasteiger partial charge in [0, 0.05) is 31.0 Å². The number of aromatic nitrogens is 2. The zero-order valence-electron chi connectivity index (χ0n) is 22.7. The molecule has 1 saturated carbocycles. The smallest absolute Gasteiger partial charge is 0.413 e. The molecule has 1 aromatic heterocycles. The number of piperidine rings is 1. The third-order valence-corrected chi connectivity index (χ3v) is 8.56. The van der Waals surface area contributed by atoms with Crippen LogP contribution in [0.5, 0.6) is 5.75 Å². The Labute approximate surface area is 241 Å². The first-order valence-corrected chi connectivity index (χ1v) is 14.3.